The molecule has 0 aliphatic heterocycles. The van der Waals surface area contributed by atoms with Crippen molar-refractivity contribution in [2.45, 2.75) is 76.5 Å². The van der Waals surface area contributed by atoms with Gasteiger partial charge >= 0.3 is 0 Å². The lowest BCUT2D eigenvalue weighted by atomic mass is 9.88. The number of methoxy groups -OCH3 is 1. The summed E-state index contributed by atoms with van der Waals surface area (Å²) in [5, 5.41) is 3.82. The van der Waals surface area contributed by atoms with Gasteiger partial charge in [0.15, 0.2) is 0 Å². The highest BCUT2D eigenvalue weighted by molar-refractivity contribution is 5.35. The number of ether oxygens (including phenoxy) is 1. The second kappa shape index (κ2) is 6.93. The largest absolute Gasteiger partial charge is 0.380 e. The van der Waals surface area contributed by atoms with Gasteiger partial charge in [0, 0.05) is 19.2 Å². The first-order valence-electron chi connectivity index (χ1n) is 8.68. The van der Waals surface area contributed by atoms with Crippen LogP contribution in [0.15, 0.2) is 18.2 Å². The molecular weight excluding hydrogens is 258 g/mol. The summed E-state index contributed by atoms with van der Waals surface area (Å²) in [4.78, 5) is 0. The van der Waals surface area contributed by atoms with E-state index in [1.807, 2.05) is 7.11 Å². The zero-order chi connectivity index (χ0) is 14.7. The van der Waals surface area contributed by atoms with Crippen LogP contribution in [0, 0.1) is 0 Å². The summed E-state index contributed by atoms with van der Waals surface area (Å²) in [7, 11) is 1.86. The first kappa shape index (κ1) is 15.1. The van der Waals surface area contributed by atoms with Crippen LogP contribution >= 0.6 is 0 Å². The fourth-order valence-electron chi connectivity index (χ4n) is 4.01. The Labute approximate surface area is 129 Å². The number of fused-ring (bicyclic) bond motifs is 1. The van der Waals surface area contributed by atoms with E-state index < -0.39 is 0 Å². The number of hydrogen-bond donors (Lipinski definition) is 1. The van der Waals surface area contributed by atoms with Crippen LogP contribution in [0.4, 0.5) is 0 Å². The molecule has 1 aromatic carbocycles. The van der Waals surface area contributed by atoms with Gasteiger partial charge in [-0.25, -0.2) is 0 Å². The molecular formula is C19H29NO. The second-order valence-corrected chi connectivity index (χ2v) is 6.79. The van der Waals surface area contributed by atoms with Crippen LogP contribution < -0.4 is 5.32 Å². The van der Waals surface area contributed by atoms with Crippen molar-refractivity contribution in [2.75, 3.05) is 7.11 Å². The maximum Gasteiger partial charge on any atom is 0.0724 e. The molecule has 0 radical (unpaired) electrons. The van der Waals surface area contributed by atoms with Crippen LogP contribution in [0.25, 0.3) is 0 Å². The minimum atomic E-state index is 0.388. The molecule has 0 heterocycles. The van der Waals surface area contributed by atoms with E-state index in [1.165, 1.54) is 56.9 Å². The number of hydrogen-bond acceptors (Lipinski definition) is 2. The summed E-state index contributed by atoms with van der Waals surface area (Å²) in [5.74, 6) is 0. The van der Waals surface area contributed by atoms with Gasteiger partial charge in [0.05, 0.1) is 6.10 Å². The molecule has 3 rings (SSSR count). The maximum absolute atomic E-state index is 5.67. The summed E-state index contributed by atoms with van der Waals surface area (Å²) < 4.78 is 5.67. The van der Waals surface area contributed by atoms with Crippen LogP contribution in [0.2, 0.25) is 0 Å². The molecule has 0 aromatic heterocycles. The predicted molar refractivity (Wildman–Crippen MR) is 87.7 cm³/mol. The maximum atomic E-state index is 5.67. The molecule has 116 valence electrons. The van der Waals surface area contributed by atoms with Crippen molar-refractivity contribution in [2.24, 2.45) is 0 Å². The Kier molecular flexibility index (Phi) is 4.97. The number of rotatable bonds is 4. The number of benzene rings is 1. The fourth-order valence-corrected chi connectivity index (χ4v) is 4.01. The van der Waals surface area contributed by atoms with Crippen molar-refractivity contribution < 1.29 is 4.74 Å². The van der Waals surface area contributed by atoms with Gasteiger partial charge in [-0.15, -0.1) is 0 Å². The lowest BCUT2D eigenvalue weighted by Crippen LogP contribution is -2.44. The lowest BCUT2D eigenvalue weighted by molar-refractivity contribution is 0.0384. The molecule has 0 saturated heterocycles. The van der Waals surface area contributed by atoms with Gasteiger partial charge < -0.3 is 10.1 Å². The Hall–Kier alpha value is -0.860. The van der Waals surface area contributed by atoms with Gasteiger partial charge in [-0.1, -0.05) is 31.0 Å². The highest BCUT2D eigenvalue weighted by atomic mass is 16.5. The van der Waals surface area contributed by atoms with E-state index in [0.717, 1.165) is 0 Å². The molecule has 1 saturated carbocycles. The SMILES string of the molecule is COC1CCCCC1NC(C)c1ccc2c(c1)CCCC2. The Morgan fingerprint density at radius 2 is 1.81 bits per heavy atom. The zero-order valence-corrected chi connectivity index (χ0v) is 13.5. The molecule has 0 bridgehead atoms. The molecule has 2 aliphatic rings. The smallest absolute Gasteiger partial charge is 0.0724 e. The lowest BCUT2D eigenvalue weighted by Gasteiger charge is -2.33. The third-order valence-corrected chi connectivity index (χ3v) is 5.34. The van der Waals surface area contributed by atoms with E-state index in [9.17, 15) is 0 Å². The Morgan fingerprint density at radius 3 is 2.62 bits per heavy atom. The Balaban J connectivity index is 1.68. The summed E-state index contributed by atoms with van der Waals surface area (Å²) >= 11 is 0. The average Bonchev–Trinajstić information content (AvgIpc) is 2.55. The Bertz CT molecular complexity index is 471. The molecule has 3 unspecified atom stereocenters. The van der Waals surface area contributed by atoms with E-state index in [1.54, 1.807) is 11.1 Å². The first-order chi connectivity index (χ1) is 10.3. The minimum absolute atomic E-state index is 0.388. The van der Waals surface area contributed by atoms with E-state index in [-0.39, 0.29) is 0 Å². The van der Waals surface area contributed by atoms with E-state index in [2.05, 4.69) is 30.4 Å². The number of nitrogens with one attached hydrogen (secondary N) is 1. The van der Waals surface area contributed by atoms with Crippen molar-refractivity contribution in [1.29, 1.82) is 0 Å². The van der Waals surface area contributed by atoms with Crippen LogP contribution in [-0.2, 0) is 17.6 Å². The fraction of sp³-hybridized carbons (Fsp3) is 0.684. The van der Waals surface area contributed by atoms with Gasteiger partial charge in [0.2, 0.25) is 0 Å². The van der Waals surface area contributed by atoms with Crippen molar-refractivity contribution in [3.8, 4) is 0 Å². The molecule has 2 heteroatoms. The van der Waals surface area contributed by atoms with E-state index in [0.29, 0.717) is 18.2 Å². The van der Waals surface area contributed by atoms with Crippen LogP contribution in [0.1, 0.15) is 68.2 Å². The predicted octanol–water partition coefficient (Wildman–Crippen LogP) is 4.17. The van der Waals surface area contributed by atoms with Gasteiger partial charge in [0.25, 0.3) is 0 Å². The highest BCUT2D eigenvalue weighted by Crippen LogP contribution is 2.27. The van der Waals surface area contributed by atoms with Gasteiger partial charge in [-0.05, 0) is 62.1 Å². The van der Waals surface area contributed by atoms with Crippen molar-refractivity contribution in [1.82, 2.24) is 5.32 Å². The molecule has 3 atom stereocenters. The van der Waals surface area contributed by atoms with Gasteiger partial charge in [-0.2, -0.15) is 0 Å². The van der Waals surface area contributed by atoms with Gasteiger partial charge in [-0.3, -0.25) is 0 Å². The third kappa shape index (κ3) is 3.49. The molecule has 0 spiro atoms. The number of aryl methyl sites for hydroxylation is 2. The normalized spacial score (nSPS) is 27.1. The molecule has 21 heavy (non-hydrogen) atoms. The van der Waals surface area contributed by atoms with E-state index >= 15 is 0 Å². The van der Waals surface area contributed by atoms with Crippen LogP contribution in [0.3, 0.4) is 0 Å². The second-order valence-electron chi connectivity index (χ2n) is 6.79. The molecule has 1 fully saturated rings. The monoisotopic (exact) mass is 287 g/mol. The summed E-state index contributed by atoms with van der Waals surface area (Å²) in [5.41, 5.74) is 4.60. The summed E-state index contributed by atoms with van der Waals surface area (Å²) in [6.07, 6.45) is 10.7. The van der Waals surface area contributed by atoms with Crippen molar-refractivity contribution in [3.05, 3.63) is 34.9 Å². The zero-order valence-electron chi connectivity index (χ0n) is 13.5. The topological polar surface area (TPSA) is 21.3 Å². The first-order valence-corrected chi connectivity index (χ1v) is 8.68. The molecule has 2 aliphatic carbocycles. The molecule has 1 N–H and O–H groups in total. The minimum Gasteiger partial charge on any atom is -0.380 e. The highest BCUT2D eigenvalue weighted by Gasteiger charge is 2.26. The quantitative estimate of drug-likeness (QED) is 0.897. The standard InChI is InChI=1S/C19H29NO/c1-14(20-18-9-5-6-10-19(18)21-2)16-12-11-15-7-3-4-8-17(15)13-16/h11-14,18-20H,3-10H2,1-2H3. The Morgan fingerprint density at radius 1 is 1.05 bits per heavy atom. The van der Waals surface area contributed by atoms with Crippen LogP contribution in [-0.4, -0.2) is 19.3 Å². The van der Waals surface area contributed by atoms with Gasteiger partial charge in [0.1, 0.15) is 0 Å². The third-order valence-electron chi connectivity index (χ3n) is 5.34. The van der Waals surface area contributed by atoms with Crippen molar-refractivity contribution >= 4 is 0 Å². The van der Waals surface area contributed by atoms with Crippen molar-refractivity contribution in [3.63, 3.8) is 0 Å². The van der Waals surface area contributed by atoms with E-state index in [4.69, 9.17) is 4.74 Å². The average molecular weight is 287 g/mol. The molecule has 0 amide bonds. The molecule has 1 aromatic rings. The summed E-state index contributed by atoms with van der Waals surface area (Å²) in [6.45, 7) is 2.30. The molecule has 2 nitrogen and oxygen atoms in total. The summed E-state index contributed by atoms with van der Waals surface area (Å²) in [6, 6.07) is 8.05. The van der Waals surface area contributed by atoms with Crippen LogP contribution in [0.5, 0.6) is 0 Å².